The van der Waals surface area contributed by atoms with Gasteiger partial charge in [-0.3, -0.25) is 0 Å². The molecule has 0 bridgehead atoms. The number of carbonyl (C=O) groups is 1. The van der Waals surface area contributed by atoms with Crippen molar-refractivity contribution < 1.29 is 9.53 Å². The Morgan fingerprint density at radius 1 is 1.36 bits per heavy atom. The fourth-order valence-corrected chi connectivity index (χ4v) is 4.14. The summed E-state index contributed by atoms with van der Waals surface area (Å²) in [5, 5.41) is 0. The molecule has 1 saturated carbocycles. The van der Waals surface area contributed by atoms with Crippen LogP contribution in [0, 0.1) is 5.92 Å². The van der Waals surface area contributed by atoms with E-state index in [1.165, 1.54) is 48.3 Å². The molecule has 0 saturated heterocycles. The molecule has 0 aromatic heterocycles. The van der Waals surface area contributed by atoms with Gasteiger partial charge in [0, 0.05) is 10.6 Å². The van der Waals surface area contributed by atoms with E-state index in [1.54, 1.807) is 0 Å². The molecule has 1 aromatic rings. The first-order chi connectivity index (χ1) is 10.6. The lowest BCUT2D eigenvalue weighted by Crippen LogP contribution is -2.14. The Hall–Kier alpha value is -1.16. The summed E-state index contributed by atoms with van der Waals surface area (Å²) in [4.78, 5) is 12.0. The summed E-state index contributed by atoms with van der Waals surface area (Å²) >= 11 is 1.98. The molecule has 1 aliphatic rings. The molecule has 22 heavy (non-hydrogen) atoms. The Kier molecular flexibility index (Phi) is 7.10. The van der Waals surface area contributed by atoms with Gasteiger partial charge in [-0.25, -0.2) is 4.79 Å². The van der Waals surface area contributed by atoms with E-state index in [0.717, 1.165) is 12.3 Å². The highest BCUT2D eigenvalue weighted by atomic mass is 32.2. The van der Waals surface area contributed by atoms with E-state index in [4.69, 9.17) is 10.5 Å². The Balaban J connectivity index is 1.81. The number of ether oxygens (including phenoxy) is 1. The number of rotatable bonds is 7. The van der Waals surface area contributed by atoms with Crippen LogP contribution in [0.2, 0.25) is 0 Å². The molecule has 1 amide bonds. The van der Waals surface area contributed by atoms with E-state index in [2.05, 4.69) is 31.2 Å². The quantitative estimate of drug-likeness (QED) is 0.723. The van der Waals surface area contributed by atoms with Gasteiger partial charge in [0.15, 0.2) is 0 Å². The highest BCUT2D eigenvalue weighted by molar-refractivity contribution is 7.99. The van der Waals surface area contributed by atoms with Crippen molar-refractivity contribution in [2.75, 3.05) is 12.4 Å². The molecule has 1 aliphatic carbocycles. The van der Waals surface area contributed by atoms with Gasteiger partial charge < -0.3 is 10.5 Å². The Morgan fingerprint density at radius 2 is 2.14 bits per heavy atom. The molecule has 2 rings (SSSR count). The van der Waals surface area contributed by atoms with E-state index in [-0.39, 0.29) is 0 Å². The highest BCUT2D eigenvalue weighted by Crippen LogP contribution is 2.31. The van der Waals surface area contributed by atoms with Crippen molar-refractivity contribution in [3.63, 3.8) is 0 Å². The number of benzene rings is 1. The molecule has 1 atom stereocenters. The van der Waals surface area contributed by atoms with Crippen LogP contribution in [0.3, 0.4) is 0 Å². The third kappa shape index (κ3) is 5.91. The predicted molar refractivity (Wildman–Crippen MR) is 92.3 cm³/mol. The second kappa shape index (κ2) is 9.09. The number of amides is 1. The SMILES string of the molecule is CC(CCOC(N)=O)c1cccc(SCC2CCCCC2)c1. The van der Waals surface area contributed by atoms with Crippen LogP contribution in [0.25, 0.3) is 0 Å². The molecule has 122 valence electrons. The molecule has 0 radical (unpaired) electrons. The maximum Gasteiger partial charge on any atom is 0.404 e. The zero-order chi connectivity index (χ0) is 15.8. The number of hydrogen-bond donors (Lipinski definition) is 1. The Bertz CT molecular complexity index is 472. The van der Waals surface area contributed by atoms with Crippen molar-refractivity contribution in [3.05, 3.63) is 29.8 Å². The van der Waals surface area contributed by atoms with Crippen LogP contribution in [0.4, 0.5) is 4.79 Å². The maximum atomic E-state index is 10.6. The van der Waals surface area contributed by atoms with E-state index in [1.807, 2.05) is 11.8 Å². The lowest BCUT2D eigenvalue weighted by atomic mass is 9.91. The van der Waals surface area contributed by atoms with Gasteiger partial charge in [-0.05, 0) is 48.8 Å². The smallest absolute Gasteiger partial charge is 0.404 e. The summed E-state index contributed by atoms with van der Waals surface area (Å²) in [5.74, 6) is 2.50. The van der Waals surface area contributed by atoms with Crippen LogP contribution < -0.4 is 5.73 Å². The summed E-state index contributed by atoms with van der Waals surface area (Å²) in [5.41, 5.74) is 6.29. The molecule has 0 heterocycles. The number of nitrogens with two attached hydrogens (primary N) is 1. The van der Waals surface area contributed by atoms with E-state index >= 15 is 0 Å². The standard InChI is InChI=1S/C18H27NO2S/c1-14(10-11-21-18(19)20)16-8-5-9-17(12-16)22-13-15-6-3-2-4-7-15/h5,8-9,12,14-15H,2-4,6-7,10-11,13H2,1H3,(H2,19,20). The first kappa shape index (κ1) is 17.2. The number of primary amides is 1. The van der Waals surface area contributed by atoms with Crippen molar-refractivity contribution in [1.82, 2.24) is 0 Å². The molecule has 0 spiro atoms. The molecule has 3 nitrogen and oxygen atoms in total. The van der Waals surface area contributed by atoms with Crippen LogP contribution in [0.15, 0.2) is 29.2 Å². The molecule has 1 aromatic carbocycles. The van der Waals surface area contributed by atoms with Gasteiger partial charge in [0.1, 0.15) is 0 Å². The van der Waals surface area contributed by atoms with Crippen molar-refractivity contribution >= 4 is 17.9 Å². The molecule has 4 heteroatoms. The zero-order valence-electron chi connectivity index (χ0n) is 13.4. The minimum Gasteiger partial charge on any atom is -0.450 e. The normalized spacial score (nSPS) is 17.1. The third-order valence-electron chi connectivity index (χ3n) is 4.43. The fourth-order valence-electron chi connectivity index (χ4n) is 2.98. The molecular formula is C18H27NO2S. The average molecular weight is 321 g/mol. The second-order valence-corrected chi connectivity index (χ2v) is 7.34. The van der Waals surface area contributed by atoms with Crippen molar-refractivity contribution in [2.24, 2.45) is 11.7 Å². The molecular weight excluding hydrogens is 294 g/mol. The molecule has 0 aliphatic heterocycles. The average Bonchev–Trinajstić information content (AvgIpc) is 2.54. The van der Waals surface area contributed by atoms with Gasteiger partial charge in [-0.1, -0.05) is 38.3 Å². The van der Waals surface area contributed by atoms with Gasteiger partial charge in [-0.15, -0.1) is 11.8 Å². The van der Waals surface area contributed by atoms with Crippen LogP contribution in [0.1, 0.15) is 56.9 Å². The number of hydrogen-bond acceptors (Lipinski definition) is 3. The number of thioether (sulfide) groups is 1. The monoisotopic (exact) mass is 321 g/mol. The van der Waals surface area contributed by atoms with Gasteiger partial charge in [-0.2, -0.15) is 0 Å². The van der Waals surface area contributed by atoms with E-state index in [9.17, 15) is 4.79 Å². The van der Waals surface area contributed by atoms with Crippen molar-refractivity contribution in [2.45, 2.75) is 56.3 Å². The summed E-state index contributed by atoms with van der Waals surface area (Å²) in [6.45, 7) is 2.55. The maximum absolute atomic E-state index is 10.6. The number of carbonyl (C=O) groups excluding carboxylic acids is 1. The zero-order valence-corrected chi connectivity index (χ0v) is 14.2. The van der Waals surface area contributed by atoms with Gasteiger partial charge in [0.05, 0.1) is 6.61 Å². The van der Waals surface area contributed by atoms with Crippen LogP contribution in [-0.2, 0) is 4.74 Å². The molecule has 1 fully saturated rings. The summed E-state index contributed by atoms with van der Waals surface area (Å²) in [7, 11) is 0. The van der Waals surface area contributed by atoms with Crippen LogP contribution in [0.5, 0.6) is 0 Å². The van der Waals surface area contributed by atoms with Gasteiger partial charge >= 0.3 is 6.09 Å². The second-order valence-electron chi connectivity index (χ2n) is 6.24. The Labute approximate surface area is 138 Å². The minimum absolute atomic E-state index is 0.370. The van der Waals surface area contributed by atoms with Crippen molar-refractivity contribution in [1.29, 1.82) is 0 Å². The molecule has 2 N–H and O–H groups in total. The topological polar surface area (TPSA) is 52.3 Å². The fraction of sp³-hybridized carbons (Fsp3) is 0.611. The first-order valence-corrected chi connectivity index (χ1v) is 9.28. The third-order valence-corrected chi connectivity index (χ3v) is 5.66. The summed E-state index contributed by atoms with van der Waals surface area (Å²) in [6, 6.07) is 8.76. The molecule has 1 unspecified atom stereocenters. The first-order valence-electron chi connectivity index (χ1n) is 8.30. The van der Waals surface area contributed by atoms with Crippen LogP contribution in [-0.4, -0.2) is 18.5 Å². The lowest BCUT2D eigenvalue weighted by Gasteiger charge is -2.21. The van der Waals surface area contributed by atoms with E-state index in [0.29, 0.717) is 12.5 Å². The van der Waals surface area contributed by atoms with E-state index < -0.39 is 6.09 Å². The lowest BCUT2D eigenvalue weighted by molar-refractivity contribution is 0.153. The largest absolute Gasteiger partial charge is 0.450 e. The summed E-state index contributed by atoms with van der Waals surface area (Å²) in [6.07, 6.45) is 7.14. The van der Waals surface area contributed by atoms with Crippen LogP contribution >= 0.6 is 11.8 Å². The van der Waals surface area contributed by atoms with Gasteiger partial charge in [0.25, 0.3) is 0 Å². The predicted octanol–water partition coefficient (Wildman–Crippen LogP) is 4.95. The van der Waals surface area contributed by atoms with Crippen molar-refractivity contribution in [3.8, 4) is 0 Å². The van der Waals surface area contributed by atoms with Gasteiger partial charge in [0.2, 0.25) is 0 Å². The Morgan fingerprint density at radius 3 is 2.86 bits per heavy atom. The minimum atomic E-state index is -0.691. The highest BCUT2D eigenvalue weighted by Gasteiger charge is 2.14. The summed E-state index contributed by atoms with van der Waals surface area (Å²) < 4.78 is 4.82.